The highest BCUT2D eigenvalue weighted by atomic mass is 35.5. The van der Waals surface area contributed by atoms with E-state index in [0.29, 0.717) is 17.3 Å². The second kappa shape index (κ2) is 4.53. The van der Waals surface area contributed by atoms with E-state index in [0.717, 1.165) is 11.1 Å². The van der Waals surface area contributed by atoms with Gasteiger partial charge in [0, 0.05) is 22.7 Å². The van der Waals surface area contributed by atoms with Crippen LogP contribution in [0.25, 0.3) is 0 Å². The molecule has 1 aromatic rings. The Bertz CT molecular complexity index is 339. The first-order valence-electron chi connectivity index (χ1n) is 4.31. The zero-order valence-electron chi connectivity index (χ0n) is 8.52. The van der Waals surface area contributed by atoms with E-state index in [1.165, 1.54) is 7.11 Å². The van der Waals surface area contributed by atoms with E-state index >= 15 is 0 Å². The molecule has 2 N–H and O–H groups in total. The Morgan fingerprint density at radius 2 is 2.21 bits per heavy atom. The smallest absolute Gasteiger partial charge is 0.165 e. The largest absolute Gasteiger partial charge is 0.504 e. The zero-order chi connectivity index (χ0) is 10.7. The molecule has 14 heavy (non-hydrogen) atoms. The van der Waals surface area contributed by atoms with E-state index in [1.807, 2.05) is 6.92 Å². The molecular weight excluding hydrogens is 202 g/mol. The predicted molar refractivity (Wildman–Crippen MR) is 57.2 cm³/mol. The number of methoxy groups -OCH3 is 1. The number of phenols is 1. The topological polar surface area (TPSA) is 41.5 Å². The minimum atomic E-state index is 0.156. The summed E-state index contributed by atoms with van der Waals surface area (Å²) in [5, 5.41) is 13.4. The van der Waals surface area contributed by atoms with Crippen LogP contribution in [0.2, 0.25) is 5.02 Å². The first kappa shape index (κ1) is 11.1. The third-order valence-electron chi connectivity index (χ3n) is 2.09. The van der Waals surface area contributed by atoms with Crippen LogP contribution in [0.15, 0.2) is 6.07 Å². The van der Waals surface area contributed by atoms with E-state index in [4.69, 9.17) is 16.3 Å². The molecule has 0 saturated heterocycles. The number of rotatable bonds is 3. The highest BCUT2D eigenvalue weighted by Crippen LogP contribution is 2.37. The van der Waals surface area contributed by atoms with Gasteiger partial charge in [0.25, 0.3) is 0 Å². The molecule has 0 amide bonds. The average molecular weight is 216 g/mol. The summed E-state index contributed by atoms with van der Waals surface area (Å²) in [4.78, 5) is 0. The number of aromatic hydroxyl groups is 1. The molecule has 0 aliphatic heterocycles. The molecule has 3 nitrogen and oxygen atoms in total. The molecule has 78 valence electrons. The number of nitrogens with one attached hydrogen (secondary N) is 1. The van der Waals surface area contributed by atoms with E-state index in [1.54, 1.807) is 13.1 Å². The molecule has 4 heteroatoms. The van der Waals surface area contributed by atoms with Crippen LogP contribution in [0.4, 0.5) is 0 Å². The predicted octanol–water partition coefficient (Wildman–Crippen LogP) is 2.08. The summed E-state index contributed by atoms with van der Waals surface area (Å²) >= 11 is 5.99. The van der Waals surface area contributed by atoms with Crippen molar-refractivity contribution in [2.24, 2.45) is 0 Å². The summed E-state index contributed by atoms with van der Waals surface area (Å²) in [5.74, 6) is 0.603. The fourth-order valence-electron chi connectivity index (χ4n) is 1.34. The van der Waals surface area contributed by atoms with E-state index in [-0.39, 0.29) is 5.75 Å². The molecule has 0 saturated carbocycles. The zero-order valence-corrected chi connectivity index (χ0v) is 9.27. The third kappa shape index (κ3) is 1.94. The van der Waals surface area contributed by atoms with Gasteiger partial charge in [-0.3, -0.25) is 0 Å². The normalized spacial score (nSPS) is 10.3. The summed E-state index contributed by atoms with van der Waals surface area (Å²) in [6.45, 7) is 2.37. The highest BCUT2D eigenvalue weighted by Gasteiger charge is 2.13. The van der Waals surface area contributed by atoms with Gasteiger partial charge in [-0.05, 0) is 20.0 Å². The summed E-state index contributed by atoms with van der Waals surface area (Å²) < 4.78 is 5.08. The lowest BCUT2D eigenvalue weighted by atomic mass is 10.1. The Hall–Kier alpha value is -0.930. The van der Waals surface area contributed by atoms with Gasteiger partial charge in [0.05, 0.1) is 7.11 Å². The van der Waals surface area contributed by atoms with Crippen molar-refractivity contribution in [3.63, 3.8) is 0 Å². The van der Waals surface area contributed by atoms with Crippen LogP contribution >= 0.6 is 11.6 Å². The van der Waals surface area contributed by atoms with Gasteiger partial charge in [0.15, 0.2) is 11.5 Å². The van der Waals surface area contributed by atoms with Crippen molar-refractivity contribution in [2.75, 3.05) is 14.2 Å². The molecule has 0 radical (unpaired) electrons. The molecule has 0 fully saturated rings. The minimum Gasteiger partial charge on any atom is -0.504 e. The quantitative estimate of drug-likeness (QED) is 0.811. The lowest BCUT2D eigenvalue weighted by Crippen LogP contribution is -2.06. The molecule has 0 unspecified atom stereocenters. The monoisotopic (exact) mass is 215 g/mol. The van der Waals surface area contributed by atoms with Crippen molar-refractivity contribution in [3.8, 4) is 11.5 Å². The number of hydrogen-bond donors (Lipinski definition) is 2. The summed E-state index contributed by atoms with van der Waals surface area (Å²) in [5.41, 5.74) is 1.49. The summed E-state index contributed by atoms with van der Waals surface area (Å²) in [7, 11) is 3.32. The summed E-state index contributed by atoms with van der Waals surface area (Å²) in [6.07, 6.45) is 0. The van der Waals surface area contributed by atoms with Gasteiger partial charge in [-0.2, -0.15) is 0 Å². The Balaban J connectivity index is 3.27. The highest BCUT2D eigenvalue weighted by molar-refractivity contribution is 6.31. The van der Waals surface area contributed by atoms with E-state index in [9.17, 15) is 5.11 Å². The van der Waals surface area contributed by atoms with Crippen LogP contribution in [0.3, 0.4) is 0 Å². The first-order valence-corrected chi connectivity index (χ1v) is 4.69. The number of phenolic OH excluding ortho intramolecular Hbond substituents is 1. The van der Waals surface area contributed by atoms with Crippen LogP contribution in [0.1, 0.15) is 11.1 Å². The Kier molecular flexibility index (Phi) is 3.61. The minimum absolute atomic E-state index is 0.156. The number of hydrogen-bond acceptors (Lipinski definition) is 3. The van der Waals surface area contributed by atoms with Crippen LogP contribution in [-0.4, -0.2) is 19.3 Å². The van der Waals surface area contributed by atoms with Gasteiger partial charge in [0.1, 0.15) is 0 Å². The molecule has 0 aromatic heterocycles. The standard InChI is InChI=1S/C10H14ClNO2/c1-6-8(11)4-7(5-12-2)9(13)10(6)14-3/h4,12-13H,5H2,1-3H3. The molecular formula is C10H14ClNO2. The first-order chi connectivity index (χ1) is 6.61. The fraction of sp³-hybridized carbons (Fsp3) is 0.400. The maximum atomic E-state index is 9.80. The molecule has 0 aliphatic rings. The molecule has 0 atom stereocenters. The van der Waals surface area contributed by atoms with Crippen molar-refractivity contribution in [1.29, 1.82) is 0 Å². The van der Waals surface area contributed by atoms with Gasteiger partial charge in [0.2, 0.25) is 0 Å². The van der Waals surface area contributed by atoms with Crippen molar-refractivity contribution in [1.82, 2.24) is 5.32 Å². The summed E-state index contributed by atoms with van der Waals surface area (Å²) in [6, 6.07) is 1.74. The maximum absolute atomic E-state index is 9.80. The lowest BCUT2D eigenvalue weighted by molar-refractivity contribution is 0.367. The van der Waals surface area contributed by atoms with E-state index < -0.39 is 0 Å². The van der Waals surface area contributed by atoms with Crippen molar-refractivity contribution >= 4 is 11.6 Å². The molecule has 0 aliphatic carbocycles. The second-order valence-electron chi connectivity index (χ2n) is 3.05. The van der Waals surface area contributed by atoms with Crippen molar-refractivity contribution < 1.29 is 9.84 Å². The van der Waals surface area contributed by atoms with Crippen LogP contribution in [0, 0.1) is 6.92 Å². The van der Waals surface area contributed by atoms with Crippen LogP contribution in [0.5, 0.6) is 11.5 Å². The SMILES string of the molecule is CNCc1cc(Cl)c(C)c(OC)c1O. The molecule has 1 rings (SSSR count). The Labute approximate surface area is 88.7 Å². The average Bonchev–Trinajstić information content (AvgIpc) is 2.16. The lowest BCUT2D eigenvalue weighted by Gasteiger charge is -2.12. The molecule has 1 aromatic carbocycles. The third-order valence-corrected chi connectivity index (χ3v) is 2.48. The van der Waals surface area contributed by atoms with Gasteiger partial charge >= 0.3 is 0 Å². The van der Waals surface area contributed by atoms with E-state index in [2.05, 4.69) is 5.32 Å². The van der Waals surface area contributed by atoms with Crippen molar-refractivity contribution in [3.05, 3.63) is 22.2 Å². The van der Waals surface area contributed by atoms with Gasteiger partial charge in [-0.1, -0.05) is 11.6 Å². The fourth-order valence-corrected chi connectivity index (χ4v) is 1.55. The number of benzene rings is 1. The molecule has 0 heterocycles. The van der Waals surface area contributed by atoms with Gasteiger partial charge in [-0.15, -0.1) is 0 Å². The second-order valence-corrected chi connectivity index (χ2v) is 3.46. The van der Waals surface area contributed by atoms with Crippen LogP contribution < -0.4 is 10.1 Å². The van der Waals surface area contributed by atoms with Crippen molar-refractivity contribution in [2.45, 2.75) is 13.5 Å². The Morgan fingerprint density at radius 3 is 2.71 bits per heavy atom. The number of ether oxygens (including phenoxy) is 1. The van der Waals surface area contributed by atoms with Gasteiger partial charge < -0.3 is 15.2 Å². The van der Waals surface area contributed by atoms with Crippen LogP contribution in [-0.2, 0) is 6.54 Å². The van der Waals surface area contributed by atoms with Gasteiger partial charge in [-0.25, -0.2) is 0 Å². The molecule has 0 bridgehead atoms. The molecule has 0 spiro atoms. The maximum Gasteiger partial charge on any atom is 0.165 e. The Morgan fingerprint density at radius 1 is 1.57 bits per heavy atom. The number of halogens is 1.